The van der Waals surface area contributed by atoms with Gasteiger partial charge in [0.2, 0.25) is 0 Å². The molecular formula is C18H26ClNO4. The topological polar surface area (TPSA) is 64.6 Å². The van der Waals surface area contributed by atoms with Gasteiger partial charge in [-0.3, -0.25) is 0 Å². The first-order valence-corrected chi connectivity index (χ1v) is 8.12. The van der Waals surface area contributed by atoms with E-state index in [2.05, 4.69) is 5.32 Å². The van der Waals surface area contributed by atoms with Gasteiger partial charge < -0.3 is 14.8 Å². The van der Waals surface area contributed by atoms with Gasteiger partial charge >= 0.3 is 12.1 Å². The van der Waals surface area contributed by atoms with Crippen LogP contribution in [0.1, 0.15) is 40.2 Å². The van der Waals surface area contributed by atoms with Crippen molar-refractivity contribution >= 4 is 23.7 Å². The highest BCUT2D eigenvalue weighted by atomic mass is 35.5. The standard InChI is InChI=1S/C18H26ClNO4/c1-17(2,3)14(15(21)23-6)20-16(22)24-11-18(4,5)12-8-7-9-13(19)10-12/h7-10,14H,11H2,1-6H3,(H,20,22)/t14-/m1/s1. The highest BCUT2D eigenvalue weighted by molar-refractivity contribution is 6.30. The highest BCUT2D eigenvalue weighted by Gasteiger charge is 2.34. The molecule has 0 aromatic heterocycles. The number of carbonyl (C=O) groups excluding carboxylic acids is 2. The third-order valence-corrected chi connectivity index (χ3v) is 3.97. The Balaban J connectivity index is 2.72. The summed E-state index contributed by atoms with van der Waals surface area (Å²) in [5.41, 5.74) is 0.0578. The number of halogens is 1. The number of alkyl carbamates (subject to hydrolysis) is 1. The number of hydrogen-bond acceptors (Lipinski definition) is 4. The Labute approximate surface area is 148 Å². The molecule has 1 atom stereocenters. The molecule has 1 aromatic rings. The van der Waals surface area contributed by atoms with E-state index in [9.17, 15) is 9.59 Å². The second kappa shape index (κ2) is 7.88. The van der Waals surface area contributed by atoms with E-state index in [1.54, 1.807) is 6.07 Å². The molecule has 0 aliphatic heterocycles. The van der Waals surface area contributed by atoms with Crippen molar-refractivity contribution in [3.05, 3.63) is 34.9 Å². The van der Waals surface area contributed by atoms with Gasteiger partial charge in [0, 0.05) is 10.4 Å². The number of rotatable bonds is 5. The van der Waals surface area contributed by atoms with Gasteiger partial charge in [0.1, 0.15) is 12.6 Å². The van der Waals surface area contributed by atoms with Crippen LogP contribution in [-0.2, 0) is 19.7 Å². The summed E-state index contributed by atoms with van der Waals surface area (Å²) in [5.74, 6) is -0.506. The Morgan fingerprint density at radius 1 is 1.21 bits per heavy atom. The average Bonchev–Trinajstić information content (AvgIpc) is 2.49. The summed E-state index contributed by atoms with van der Waals surface area (Å²) < 4.78 is 10.1. The van der Waals surface area contributed by atoms with Gasteiger partial charge in [0.25, 0.3) is 0 Å². The zero-order valence-electron chi connectivity index (χ0n) is 15.1. The third kappa shape index (κ3) is 5.71. The predicted molar refractivity (Wildman–Crippen MR) is 94.2 cm³/mol. The number of carbonyl (C=O) groups is 2. The summed E-state index contributed by atoms with van der Waals surface area (Å²) in [4.78, 5) is 23.9. The lowest BCUT2D eigenvalue weighted by molar-refractivity contribution is -0.145. The predicted octanol–water partition coefficient (Wildman–Crippen LogP) is 3.93. The number of amides is 1. The van der Waals surface area contributed by atoms with Crippen molar-refractivity contribution in [2.45, 2.75) is 46.1 Å². The van der Waals surface area contributed by atoms with Crippen molar-refractivity contribution in [3.63, 3.8) is 0 Å². The molecule has 0 unspecified atom stereocenters. The molecule has 5 nitrogen and oxygen atoms in total. The molecule has 1 N–H and O–H groups in total. The van der Waals surface area contributed by atoms with Crippen LogP contribution in [-0.4, -0.2) is 31.8 Å². The molecular weight excluding hydrogens is 330 g/mol. The fourth-order valence-corrected chi connectivity index (χ4v) is 2.34. The number of benzene rings is 1. The van der Waals surface area contributed by atoms with E-state index in [0.29, 0.717) is 5.02 Å². The normalized spacial score (nSPS) is 13.1. The number of ether oxygens (including phenoxy) is 2. The lowest BCUT2D eigenvalue weighted by atomic mass is 9.85. The molecule has 0 saturated heterocycles. The molecule has 0 saturated carbocycles. The minimum atomic E-state index is -0.788. The SMILES string of the molecule is COC(=O)[C@@H](NC(=O)OCC(C)(C)c1cccc(Cl)c1)C(C)(C)C. The van der Waals surface area contributed by atoms with E-state index >= 15 is 0 Å². The van der Waals surface area contributed by atoms with Crippen LogP contribution in [0, 0.1) is 5.41 Å². The molecule has 24 heavy (non-hydrogen) atoms. The van der Waals surface area contributed by atoms with Crippen molar-refractivity contribution in [3.8, 4) is 0 Å². The first-order chi connectivity index (χ1) is 11.0. The third-order valence-electron chi connectivity index (χ3n) is 3.74. The van der Waals surface area contributed by atoms with E-state index < -0.39 is 28.9 Å². The second-order valence-corrected chi connectivity index (χ2v) is 7.87. The summed E-state index contributed by atoms with van der Waals surface area (Å²) in [7, 11) is 1.29. The Morgan fingerprint density at radius 3 is 2.33 bits per heavy atom. The monoisotopic (exact) mass is 355 g/mol. The van der Waals surface area contributed by atoms with Gasteiger partial charge in [-0.2, -0.15) is 0 Å². The van der Waals surface area contributed by atoms with Crippen molar-refractivity contribution in [1.82, 2.24) is 5.32 Å². The molecule has 1 rings (SSSR count). The van der Waals surface area contributed by atoms with Gasteiger partial charge in [-0.05, 0) is 23.1 Å². The van der Waals surface area contributed by atoms with E-state index in [4.69, 9.17) is 21.1 Å². The van der Waals surface area contributed by atoms with E-state index in [-0.39, 0.29) is 6.61 Å². The number of hydrogen-bond donors (Lipinski definition) is 1. The average molecular weight is 356 g/mol. The number of esters is 1. The first-order valence-electron chi connectivity index (χ1n) is 7.74. The molecule has 0 heterocycles. The zero-order valence-corrected chi connectivity index (χ0v) is 15.9. The molecule has 134 valence electrons. The molecule has 6 heteroatoms. The Kier molecular flexibility index (Phi) is 6.67. The maximum atomic E-state index is 12.1. The van der Waals surface area contributed by atoms with Crippen molar-refractivity contribution in [1.29, 1.82) is 0 Å². The maximum Gasteiger partial charge on any atom is 0.407 e. The first kappa shape index (κ1) is 20.3. The number of nitrogens with one attached hydrogen (secondary N) is 1. The van der Waals surface area contributed by atoms with Crippen molar-refractivity contribution < 1.29 is 19.1 Å². The van der Waals surface area contributed by atoms with Crippen LogP contribution in [0.5, 0.6) is 0 Å². The van der Waals surface area contributed by atoms with Crippen LogP contribution in [0.4, 0.5) is 4.79 Å². The lowest BCUT2D eigenvalue weighted by Crippen LogP contribution is -2.50. The maximum absolute atomic E-state index is 12.1. The van der Waals surface area contributed by atoms with Gasteiger partial charge in [-0.15, -0.1) is 0 Å². The molecule has 1 aromatic carbocycles. The van der Waals surface area contributed by atoms with E-state index in [1.165, 1.54) is 7.11 Å². The Bertz CT molecular complexity index is 593. The summed E-state index contributed by atoms with van der Waals surface area (Å²) in [6.07, 6.45) is -0.657. The van der Waals surface area contributed by atoms with E-state index in [1.807, 2.05) is 52.8 Å². The molecule has 0 fully saturated rings. The molecule has 0 aliphatic carbocycles. The fraction of sp³-hybridized carbons (Fsp3) is 0.556. The largest absolute Gasteiger partial charge is 0.467 e. The summed E-state index contributed by atoms with van der Waals surface area (Å²) in [6, 6.07) is 6.63. The Hall–Kier alpha value is -1.75. The quantitative estimate of drug-likeness (QED) is 0.813. The zero-order chi connectivity index (χ0) is 18.5. The van der Waals surface area contributed by atoms with Crippen molar-refractivity contribution in [2.24, 2.45) is 5.41 Å². The molecule has 0 radical (unpaired) electrons. The fourth-order valence-electron chi connectivity index (χ4n) is 2.15. The minimum Gasteiger partial charge on any atom is -0.467 e. The Morgan fingerprint density at radius 2 is 1.83 bits per heavy atom. The van der Waals surface area contributed by atoms with Gasteiger partial charge in [-0.25, -0.2) is 9.59 Å². The van der Waals surface area contributed by atoms with Crippen molar-refractivity contribution in [2.75, 3.05) is 13.7 Å². The van der Waals surface area contributed by atoms with Gasteiger partial charge in [0.15, 0.2) is 0 Å². The summed E-state index contributed by atoms with van der Waals surface area (Å²) >= 11 is 6.01. The van der Waals surface area contributed by atoms with Crippen LogP contribution in [0.2, 0.25) is 5.02 Å². The second-order valence-electron chi connectivity index (χ2n) is 7.44. The van der Waals surface area contributed by atoms with Crippen LogP contribution in [0.15, 0.2) is 24.3 Å². The molecule has 0 spiro atoms. The van der Waals surface area contributed by atoms with E-state index in [0.717, 1.165) is 5.56 Å². The summed E-state index contributed by atoms with van der Waals surface area (Å²) in [6.45, 7) is 9.57. The molecule has 0 bridgehead atoms. The van der Waals surface area contributed by atoms with Crippen LogP contribution >= 0.6 is 11.6 Å². The lowest BCUT2D eigenvalue weighted by Gasteiger charge is -2.30. The van der Waals surface area contributed by atoms with Crippen LogP contribution in [0.25, 0.3) is 0 Å². The molecule has 1 amide bonds. The molecule has 0 aliphatic rings. The number of methoxy groups -OCH3 is 1. The minimum absolute atomic E-state index is 0.150. The highest BCUT2D eigenvalue weighted by Crippen LogP contribution is 2.26. The summed E-state index contributed by atoms with van der Waals surface area (Å²) in [5, 5.41) is 3.21. The van der Waals surface area contributed by atoms with Gasteiger partial charge in [-0.1, -0.05) is 58.4 Å². The smallest absolute Gasteiger partial charge is 0.407 e. The van der Waals surface area contributed by atoms with Gasteiger partial charge in [0.05, 0.1) is 7.11 Å². The van der Waals surface area contributed by atoms with Crippen LogP contribution < -0.4 is 5.32 Å². The van der Waals surface area contributed by atoms with Crippen LogP contribution in [0.3, 0.4) is 0 Å².